The average Bonchev–Trinajstić information content (AvgIpc) is 2.74. The summed E-state index contributed by atoms with van der Waals surface area (Å²) in [6.07, 6.45) is 0.694. The Morgan fingerprint density at radius 2 is 2.12 bits per heavy atom. The van der Waals surface area contributed by atoms with Crippen LogP contribution in [0.4, 0.5) is 0 Å². The number of thiophene rings is 1. The maximum Gasteiger partial charge on any atom is 0.347 e. The molecule has 0 radical (unpaired) electrons. The standard InChI is InChI=1S/C10H15NO4S2/c1-3-6-11(4-2)17(14,15)8-5-7-16-9(8)10(12)13/h5,7H,3-4,6H2,1-2H3,(H,12,13). The maximum absolute atomic E-state index is 12.2. The number of rotatable bonds is 6. The molecule has 0 aliphatic carbocycles. The summed E-state index contributed by atoms with van der Waals surface area (Å²) in [5.41, 5.74) is 0. The fraction of sp³-hybridized carbons (Fsp3) is 0.500. The molecule has 1 aromatic heterocycles. The van der Waals surface area contributed by atoms with Crippen molar-refractivity contribution < 1.29 is 18.3 Å². The van der Waals surface area contributed by atoms with Crippen molar-refractivity contribution in [3.05, 3.63) is 16.3 Å². The Hall–Kier alpha value is -0.920. The van der Waals surface area contributed by atoms with E-state index in [1.807, 2.05) is 6.92 Å². The molecule has 17 heavy (non-hydrogen) atoms. The van der Waals surface area contributed by atoms with Crippen molar-refractivity contribution >= 4 is 27.3 Å². The van der Waals surface area contributed by atoms with E-state index in [1.54, 1.807) is 6.92 Å². The van der Waals surface area contributed by atoms with Crippen LogP contribution in [0.1, 0.15) is 29.9 Å². The van der Waals surface area contributed by atoms with Crippen LogP contribution in [0.5, 0.6) is 0 Å². The summed E-state index contributed by atoms with van der Waals surface area (Å²) in [6, 6.07) is 1.35. The van der Waals surface area contributed by atoms with E-state index < -0.39 is 16.0 Å². The predicted octanol–water partition coefficient (Wildman–Crippen LogP) is 1.87. The summed E-state index contributed by atoms with van der Waals surface area (Å²) >= 11 is 0.925. The molecule has 0 atom stereocenters. The van der Waals surface area contributed by atoms with E-state index in [4.69, 9.17) is 5.11 Å². The number of nitrogens with zero attached hydrogens (tertiary/aromatic N) is 1. The highest BCUT2D eigenvalue weighted by molar-refractivity contribution is 7.89. The Labute approximate surface area is 105 Å². The number of carboxylic acids is 1. The van der Waals surface area contributed by atoms with Gasteiger partial charge in [0.05, 0.1) is 0 Å². The van der Waals surface area contributed by atoms with E-state index in [-0.39, 0.29) is 9.77 Å². The molecule has 96 valence electrons. The minimum absolute atomic E-state index is 0.106. The second kappa shape index (κ2) is 5.61. The monoisotopic (exact) mass is 277 g/mol. The zero-order valence-corrected chi connectivity index (χ0v) is 11.3. The van der Waals surface area contributed by atoms with Crippen molar-refractivity contribution in [2.45, 2.75) is 25.2 Å². The van der Waals surface area contributed by atoms with Crippen molar-refractivity contribution in [2.75, 3.05) is 13.1 Å². The summed E-state index contributed by atoms with van der Waals surface area (Å²) in [4.78, 5) is 10.7. The summed E-state index contributed by atoms with van der Waals surface area (Å²) in [5.74, 6) is -1.20. The topological polar surface area (TPSA) is 74.7 Å². The molecule has 0 saturated heterocycles. The van der Waals surface area contributed by atoms with Gasteiger partial charge in [-0.3, -0.25) is 0 Å². The summed E-state index contributed by atoms with van der Waals surface area (Å²) in [6.45, 7) is 4.35. The average molecular weight is 277 g/mol. The molecule has 0 amide bonds. The second-order valence-corrected chi connectivity index (χ2v) is 6.24. The molecule has 0 aliphatic rings. The number of hydrogen-bond acceptors (Lipinski definition) is 4. The first kappa shape index (κ1) is 14.1. The van der Waals surface area contributed by atoms with Crippen LogP contribution in [0.15, 0.2) is 16.3 Å². The van der Waals surface area contributed by atoms with Crippen molar-refractivity contribution in [2.24, 2.45) is 0 Å². The van der Waals surface area contributed by atoms with Crippen LogP contribution in [-0.2, 0) is 10.0 Å². The number of aromatic carboxylic acids is 1. The van der Waals surface area contributed by atoms with Gasteiger partial charge in [0.2, 0.25) is 10.0 Å². The van der Waals surface area contributed by atoms with Gasteiger partial charge in [0.25, 0.3) is 0 Å². The molecular formula is C10H15NO4S2. The molecule has 0 spiro atoms. The zero-order chi connectivity index (χ0) is 13.1. The van der Waals surface area contributed by atoms with Crippen molar-refractivity contribution in [1.82, 2.24) is 4.31 Å². The molecule has 0 saturated carbocycles. The molecule has 0 aromatic carbocycles. The molecule has 0 bridgehead atoms. The lowest BCUT2D eigenvalue weighted by Crippen LogP contribution is -2.32. The van der Waals surface area contributed by atoms with Gasteiger partial charge in [0, 0.05) is 13.1 Å². The third-order valence-electron chi connectivity index (χ3n) is 2.27. The molecule has 1 aromatic rings. The van der Waals surface area contributed by atoms with Crippen LogP contribution in [0.2, 0.25) is 0 Å². The van der Waals surface area contributed by atoms with E-state index in [1.165, 1.54) is 15.8 Å². The Kier molecular flexibility index (Phi) is 4.67. The summed E-state index contributed by atoms with van der Waals surface area (Å²) < 4.78 is 25.7. The fourth-order valence-corrected chi connectivity index (χ4v) is 4.27. The molecule has 0 aliphatic heterocycles. The Morgan fingerprint density at radius 1 is 1.47 bits per heavy atom. The maximum atomic E-state index is 12.2. The van der Waals surface area contributed by atoms with Crippen LogP contribution >= 0.6 is 11.3 Å². The zero-order valence-electron chi connectivity index (χ0n) is 9.71. The van der Waals surface area contributed by atoms with Crippen molar-refractivity contribution in [3.63, 3.8) is 0 Å². The quantitative estimate of drug-likeness (QED) is 0.861. The van der Waals surface area contributed by atoms with Crippen LogP contribution < -0.4 is 0 Å². The van der Waals surface area contributed by atoms with Gasteiger partial charge in [-0.25, -0.2) is 13.2 Å². The molecule has 0 unspecified atom stereocenters. The summed E-state index contributed by atoms with van der Waals surface area (Å²) in [5, 5.41) is 10.4. The highest BCUT2D eigenvalue weighted by Gasteiger charge is 2.28. The van der Waals surface area contributed by atoms with Gasteiger partial charge >= 0.3 is 5.97 Å². The van der Waals surface area contributed by atoms with E-state index in [2.05, 4.69) is 0 Å². The van der Waals surface area contributed by atoms with Crippen molar-refractivity contribution in [3.8, 4) is 0 Å². The lowest BCUT2D eigenvalue weighted by atomic mass is 10.5. The van der Waals surface area contributed by atoms with Crippen LogP contribution in [-0.4, -0.2) is 36.9 Å². The largest absolute Gasteiger partial charge is 0.477 e. The second-order valence-electron chi connectivity index (χ2n) is 3.42. The van der Waals surface area contributed by atoms with E-state index in [0.717, 1.165) is 11.3 Å². The molecule has 0 fully saturated rings. The predicted molar refractivity (Wildman–Crippen MR) is 66.0 cm³/mol. The van der Waals surface area contributed by atoms with Gasteiger partial charge in [0.15, 0.2) is 0 Å². The highest BCUT2D eigenvalue weighted by Crippen LogP contribution is 2.25. The summed E-state index contributed by atoms with van der Waals surface area (Å²) in [7, 11) is -3.68. The van der Waals surface area contributed by atoms with Gasteiger partial charge in [0.1, 0.15) is 9.77 Å². The molecule has 1 N–H and O–H groups in total. The van der Waals surface area contributed by atoms with E-state index in [9.17, 15) is 13.2 Å². The van der Waals surface area contributed by atoms with Gasteiger partial charge in [-0.15, -0.1) is 11.3 Å². The number of carbonyl (C=O) groups is 1. The van der Waals surface area contributed by atoms with Gasteiger partial charge < -0.3 is 5.11 Å². The van der Waals surface area contributed by atoms with Crippen LogP contribution in [0, 0.1) is 0 Å². The molecular weight excluding hydrogens is 262 g/mol. The highest BCUT2D eigenvalue weighted by atomic mass is 32.2. The third kappa shape index (κ3) is 2.85. The van der Waals surface area contributed by atoms with E-state index in [0.29, 0.717) is 19.5 Å². The Bertz CT molecular complexity index is 492. The first-order chi connectivity index (χ1) is 7.95. The van der Waals surface area contributed by atoms with Crippen molar-refractivity contribution in [1.29, 1.82) is 0 Å². The normalized spacial score (nSPS) is 11.9. The number of carboxylic acid groups (broad SMARTS) is 1. The molecule has 1 rings (SSSR count). The lowest BCUT2D eigenvalue weighted by Gasteiger charge is -2.19. The van der Waals surface area contributed by atoms with Gasteiger partial charge in [-0.2, -0.15) is 4.31 Å². The van der Waals surface area contributed by atoms with Crippen LogP contribution in [0.25, 0.3) is 0 Å². The Balaban J connectivity index is 3.20. The van der Waals surface area contributed by atoms with Gasteiger partial charge in [-0.05, 0) is 17.9 Å². The molecule has 1 heterocycles. The smallest absolute Gasteiger partial charge is 0.347 e. The SMILES string of the molecule is CCCN(CC)S(=O)(=O)c1ccsc1C(=O)O. The first-order valence-corrected chi connectivity index (χ1v) is 7.58. The Morgan fingerprint density at radius 3 is 2.59 bits per heavy atom. The fourth-order valence-electron chi connectivity index (χ4n) is 1.49. The third-order valence-corrected chi connectivity index (χ3v) is 5.32. The number of sulfonamides is 1. The van der Waals surface area contributed by atoms with Crippen LogP contribution in [0.3, 0.4) is 0 Å². The van der Waals surface area contributed by atoms with Gasteiger partial charge in [-0.1, -0.05) is 13.8 Å². The molecule has 7 heteroatoms. The number of hydrogen-bond donors (Lipinski definition) is 1. The minimum atomic E-state index is -3.68. The lowest BCUT2D eigenvalue weighted by molar-refractivity contribution is 0.0698. The van der Waals surface area contributed by atoms with E-state index >= 15 is 0 Å². The first-order valence-electron chi connectivity index (χ1n) is 5.26. The molecule has 5 nitrogen and oxygen atoms in total. The minimum Gasteiger partial charge on any atom is -0.477 e.